The van der Waals surface area contributed by atoms with Crippen molar-refractivity contribution in [3.05, 3.63) is 64.7 Å². The molecule has 0 fully saturated rings. The van der Waals surface area contributed by atoms with E-state index in [2.05, 4.69) is 21.6 Å². The van der Waals surface area contributed by atoms with Crippen molar-refractivity contribution in [1.29, 1.82) is 0 Å². The van der Waals surface area contributed by atoms with Crippen LogP contribution in [-0.2, 0) is 13.1 Å². The van der Waals surface area contributed by atoms with Gasteiger partial charge in [0, 0.05) is 23.6 Å². The van der Waals surface area contributed by atoms with E-state index in [-0.39, 0.29) is 5.91 Å². The molecular formula is C19H23N5O. The molecule has 0 radical (unpaired) electrons. The minimum atomic E-state index is -0.138. The van der Waals surface area contributed by atoms with Crippen LogP contribution in [0.2, 0.25) is 0 Å². The second-order valence-corrected chi connectivity index (χ2v) is 6.20. The van der Waals surface area contributed by atoms with Gasteiger partial charge in [0.25, 0.3) is 5.91 Å². The normalized spacial score (nSPS) is 10.9. The topological polar surface area (TPSA) is 64.7 Å². The van der Waals surface area contributed by atoms with E-state index in [1.54, 1.807) is 6.20 Å². The molecule has 1 amide bonds. The number of hydrogen-bond donors (Lipinski definition) is 1. The van der Waals surface area contributed by atoms with Gasteiger partial charge in [-0.25, -0.2) is 0 Å². The van der Waals surface area contributed by atoms with Crippen LogP contribution in [0.25, 0.3) is 0 Å². The van der Waals surface area contributed by atoms with Crippen LogP contribution in [0, 0.1) is 20.8 Å². The van der Waals surface area contributed by atoms with Crippen LogP contribution < -0.4 is 5.32 Å². The fourth-order valence-corrected chi connectivity index (χ4v) is 2.94. The number of benzene rings is 1. The molecule has 2 heterocycles. The summed E-state index contributed by atoms with van der Waals surface area (Å²) < 4.78 is 3.78. The van der Waals surface area contributed by atoms with E-state index < -0.39 is 0 Å². The highest BCUT2D eigenvalue weighted by atomic mass is 16.1. The SMILES string of the molecule is CCn1ncc(C(=O)Nc2cccc(Cn3nc(C)cc3C)c2)c1C. The van der Waals surface area contributed by atoms with Crippen molar-refractivity contribution in [1.82, 2.24) is 19.6 Å². The molecule has 1 N–H and O–H groups in total. The van der Waals surface area contributed by atoms with Crippen LogP contribution in [0.5, 0.6) is 0 Å². The maximum atomic E-state index is 12.5. The fraction of sp³-hybridized carbons (Fsp3) is 0.316. The second kappa shape index (κ2) is 6.93. The van der Waals surface area contributed by atoms with Crippen molar-refractivity contribution in [2.24, 2.45) is 0 Å². The molecule has 3 rings (SSSR count). The number of rotatable bonds is 5. The molecule has 0 aliphatic heterocycles. The van der Waals surface area contributed by atoms with E-state index in [0.29, 0.717) is 12.1 Å². The first-order valence-corrected chi connectivity index (χ1v) is 8.41. The van der Waals surface area contributed by atoms with Crippen LogP contribution in [0.4, 0.5) is 5.69 Å². The lowest BCUT2D eigenvalue weighted by molar-refractivity contribution is 0.102. The molecule has 130 valence electrons. The highest BCUT2D eigenvalue weighted by molar-refractivity contribution is 6.04. The van der Waals surface area contributed by atoms with Gasteiger partial charge in [-0.2, -0.15) is 10.2 Å². The quantitative estimate of drug-likeness (QED) is 0.777. The summed E-state index contributed by atoms with van der Waals surface area (Å²) in [4.78, 5) is 12.5. The summed E-state index contributed by atoms with van der Waals surface area (Å²) in [6.07, 6.45) is 1.62. The number of amides is 1. The number of hydrogen-bond acceptors (Lipinski definition) is 3. The van der Waals surface area contributed by atoms with Crippen molar-refractivity contribution < 1.29 is 4.79 Å². The maximum Gasteiger partial charge on any atom is 0.259 e. The van der Waals surface area contributed by atoms with Gasteiger partial charge >= 0.3 is 0 Å². The third-order valence-corrected chi connectivity index (χ3v) is 4.27. The average Bonchev–Trinajstić information content (AvgIpc) is 3.09. The Kier molecular flexibility index (Phi) is 4.70. The van der Waals surface area contributed by atoms with Gasteiger partial charge in [-0.15, -0.1) is 0 Å². The number of nitrogens with one attached hydrogen (secondary N) is 1. The molecular weight excluding hydrogens is 314 g/mol. The van der Waals surface area contributed by atoms with E-state index in [9.17, 15) is 4.79 Å². The van der Waals surface area contributed by atoms with Gasteiger partial charge < -0.3 is 5.32 Å². The number of aromatic nitrogens is 4. The van der Waals surface area contributed by atoms with E-state index in [1.165, 1.54) is 0 Å². The van der Waals surface area contributed by atoms with E-state index >= 15 is 0 Å². The molecule has 0 atom stereocenters. The van der Waals surface area contributed by atoms with Gasteiger partial charge in [0.15, 0.2) is 0 Å². The molecule has 25 heavy (non-hydrogen) atoms. The monoisotopic (exact) mass is 337 g/mol. The molecule has 2 aromatic heterocycles. The Morgan fingerprint density at radius 1 is 1.16 bits per heavy atom. The highest BCUT2D eigenvalue weighted by Gasteiger charge is 2.14. The minimum absolute atomic E-state index is 0.138. The van der Waals surface area contributed by atoms with Crippen LogP contribution in [0.15, 0.2) is 36.5 Å². The zero-order valence-electron chi connectivity index (χ0n) is 15.1. The van der Waals surface area contributed by atoms with Crippen molar-refractivity contribution in [3.63, 3.8) is 0 Å². The number of carbonyl (C=O) groups is 1. The molecule has 0 saturated carbocycles. The third-order valence-electron chi connectivity index (χ3n) is 4.27. The van der Waals surface area contributed by atoms with Gasteiger partial charge in [-0.05, 0) is 51.5 Å². The summed E-state index contributed by atoms with van der Waals surface area (Å²) in [5.41, 5.74) is 5.46. The Balaban J connectivity index is 1.76. The molecule has 1 aromatic carbocycles. The first-order valence-electron chi connectivity index (χ1n) is 8.41. The molecule has 6 nitrogen and oxygen atoms in total. The summed E-state index contributed by atoms with van der Waals surface area (Å²) in [6.45, 7) is 9.36. The Labute approximate surface area is 147 Å². The van der Waals surface area contributed by atoms with Crippen LogP contribution in [0.1, 0.15) is 39.9 Å². The minimum Gasteiger partial charge on any atom is -0.322 e. The predicted molar refractivity (Wildman–Crippen MR) is 97.8 cm³/mol. The number of aryl methyl sites for hydroxylation is 3. The molecule has 6 heteroatoms. The number of carbonyl (C=O) groups excluding carboxylic acids is 1. The first-order chi connectivity index (χ1) is 12.0. The first kappa shape index (κ1) is 17.0. The lowest BCUT2D eigenvalue weighted by Gasteiger charge is -2.09. The van der Waals surface area contributed by atoms with E-state index in [1.807, 2.05) is 61.3 Å². The Bertz CT molecular complexity index is 906. The largest absolute Gasteiger partial charge is 0.322 e. The zero-order valence-corrected chi connectivity index (χ0v) is 15.1. The summed E-state index contributed by atoms with van der Waals surface area (Å²) in [5.74, 6) is -0.138. The van der Waals surface area contributed by atoms with E-state index in [4.69, 9.17) is 0 Å². The van der Waals surface area contributed by atoms with Crippen LogP contribution in [0.3, 0.4) is 0 Å². The van der Waals surface area contributed by atoms with Crippen LogP contribution >= 0.6 is 0 Å². The third kappa shape index (κ3) is 3.63. The van der Waals surface area contributed by atoms with Gasteiger partial charge in [-0.3, -0.25) is 14.2 Å². The Morgan fingerprint density at radius 3 is 2.60 bits per heavy atom. The predicted octanol–water partition coefficient (Wildman–Crippen LogP) is 3.33. The van der Waals surface area contributed by atoms with Crippen molar-refractivity contribution in [2.45, 2.75) is 40.8 Å². The standard InChI is InChI=1S/C19H23N5O/c1-5-23-15(4)18(11-20-23)19(25)21-17-8-6-7-16(10-17)12-24-14(3)9-13(2)22-24/h6-11H,5,12H2,1-4H3,(H,21,25). The van der Waals surface area contributed by atoms with Crippen LogP contribution in [-0.4, -0.2) is 25.5 Å². The molecule has 0 aliphatic carbocycles. The second-order valence-electron chi connectivity index (χ2n) is 6.20. The lowest BCUT2D eigenvalue weighted by atomic mass is 10.2. The molecule has 0 saturated heterocycles. The highest BCUT2D eigenvalue weighted by Crippen LogP contribution is 2.16. The fourth-order valence-electron chi connectivity index (χ4n) is 2.94. The van der Waals surface area contributed by atoms with Crippen molar-refractivity contribution in [2.75, 3.05) is 5.32 Å². The van der Waals surface area contributed by atoms with Gasteiger partial charge in [-0.1, -0.05) is 12.1 Å². The lowest BCUT2D eigenvalue weighted by Crippen LogP contribution is -2.13. The summed E-state index contributed by atoms with van der Waals surface area (Å²) in [7, 11) is 0. The number of anilines is 1. The van der Waals surface area contributed by atoms with Gasteiger partial charge in [0.2, 0.25) is 0 Å². The van der Waals surface area contributed by atoms with Gasteiger partial charge in [0.1, 0.15) is 0 Å². The van der Waals surface area contributed by atoms with Crippen molar-refractivity contribution in [3.8, 4) is 0 Å². The molecule has 0 bridgehead atoms. The summed E-state index contributed by atoms with van der Waals surface area (Å²) in [6, 6.07) is 9.90. The molecule has 0 spiro atoms. The van der Waals surface area contributed by atoms with Gasteiger partial charge in [0.05, 0.1) is 24.0 Å². The zero-order chi connectivity index (χ0) is 18.0. The summed E-state index contributed by atoms with van der Waals surface area (Å²) in [5, 5.41) is 11.7. The summed E-state index contributed by atoms with van der Waals surface area (Å²) >= 11 is 0. The Hall–Kier alpha value is -2.89. The maximum absolute atomic E-state index is 12.5. The Morgan fingerprint density at radius 2 is 1.96 bits per heavy atom. The number of nitrogens with zero attached hydrogens (tertiary/aromatic N) is 4. The molecule has 3 aromatic rings. The average molecular weight is 337 g/mol. The smallest absolute Gasteiger partial charge is 0.259 e. The molecule has 0 unspecified atom stereocenters. The van der Waals surface area contributed by atoms with E-state index in [0.717, 1.165) is 34.9 Å². The van der Waals surface area contributed by atoms with Crippen molar-refractivity contribution >= 4 is 11.6 Å². The molecule has 0 aliphatic rings.